The molecule has 0 saturated carbocycles. The van der Waals surface area contributed by atoms with Gasteiger partial charge in [0.25, 0.3) is 0 Å². The van der Waals surface area contributed by atoms with Crippen molar-refractivity contribution >= 4 is 44.1 Å². The lowest BCUT2D eigenvalue weighted by Crippen LogP contribution is -2.20. The minimum absolute atomic E-state index is 0.0743. The van der Waals surface area contributed by atoms with Crippen molar-refractivity contribution in [1.29, 1.82) is 0 Å². The Morgan fingerprint density at radius 1 is 1.10 bits per heavy atom. The van der Waals surface area contributed by atoms with E-state index in [1.807, 2.05) is 48.5 Å². The number of benzene rings is 2. The molecule has 148 valence electrons. The van der Waals surface area contributed by atoms with Crippen molar-refractivity contribution in [3.8, 4) is 11.3 Å². The molecule has 4 aromatic rings. The Balaban J connectivity index is 1.72. The molecule has 0 amide bonds. The van der Waals surface area contributed by atoms with Gasteiger partial charge in [-0.05, 0) is 34.1 Å². The minimum atomic E-state index is -1.40. The normalized spacial score (nSPS) is 12.2. The number of fused-ring (bicyclic) bond motifs is 1. The first kappa shape index (κ1) is 19.7. The van der Waals surface area contributed by atoms with Crippen molar-refractivity contribution in [2.75, 3.05) is 18.5 Å². The second kappa shape index (κ2) is 8.83. The molecule has 1 unspecified atom stereocenters. The van der Waals surface area contributed by atoms with E-state index in [0.717, 1.165) is 27.2 Å². The van der Waals surface area contributed by atoms with E-state index in [2.05, 4.69) is 31.1 Å². The fourth-order valence-corrected chi connectivity index (χ4v) is 4.07. The fourth-order valence-electron chi connectivity index (χ4n) is 2.84. The van der Waals surface area contributed by atoms with Crippen molar-refractivity contribution in [3.05, 3.63) is 71.3 Å². The molecule has 1 atom stereocenters. The highest BCUT2D eigenvalue weighted by atomic mass is 79.9. The summed E-state index contributed by atoms with van der Waals surface area (Å²) in [5.74, 6) is 0.728. The third kappa shape index (κ3) is 4.38. The predicted molar refractivity (Wildman–Crippen MR) is 117 cm³/mol. The number of nitrogens with one attached hydrogen (secondary N) is 2. The van der Waals surface area contributed by atoms with Crippen molar-refractivity contribution in [2.24, 2.45) is 0 Å². The zero-order chi connectivity index (χ0) is 20.2. The van der Waals surface area contributed by atoms with Gasteiger partial charge in [0, 0.05) is 23.9 Å². The van der Waals surface area contributed by atoms with E-state index in [0.29, 0.717) is 10.5 Å². The maximum Gasteiger partial charge on any atom is 0.172 e. The summed E-state index contributed by atoms with van der Waals surface area (Å²) in [7, 11) is -1.40. The Bertz CT molecular complexity index is 1170. The van der Waals surface area contributed by atoms with Crippen LogP contribution in [0.2, 0.25) is 0 Å². The number of anilines is 2. The summed E-state index contributed by atoms with van der Waals surface area (Å²) in [6, 6.07) is 19.1. The standard InChI is InChI=1S/C20H18BrN5O2S/c21-17-13-22-26-19(12-18(25-20(17)26)14-5-2-1-3-6-14)24-15-7-4-8-16(11-15)29(28)23-9-10-27/h1-8,11-13,23-24,27H,9-10H2. The summed E-state index contributed by atoms with van der Waals surface area (Å²) in [5, 5.41) is 16.6. The molecule has 2 heterocycles. The van der Waals surface area contributed by atoms with Gasteiger partial charge >= 0.3 is 0 Å². The van der Waals surface area contributed by atoms with Crippen molar-refractivity contribution in [1.82, 2.24) is 19.3 Å². The Kier molecular flexibility index (Phi) is 6.00. The van der Waals surface area contributed by atoms with Crippen LogP contribution in [0.25, 0.3) is 16.9 Å². The number of aliphatic hydroxyl groups is 1. The van der Waals surface area contributed by atoms with Crippen LogP contribution >= 0.6 is 15.9 Å². The third-order valence-electron chi connectivity index (χ3n) is 4.16. The van der Waals surface area contributed by atoms with Crippen molar-refractivity contribution < 1.29 is 9.32 Å². The van der Waals surface area contributed by atoms with E-state index in [1.54, 1.807) is 22.8 Å². The lowest BCUT2D eigenvalue weighted by atomic mass is 10.1. The largest absolute Gasteiger partial charge is 0.395 e. The van der Waals surface area contributed by atoms with Crippen LogP contribution in [0.5, 0.6) is 0 Å². The number of halogens is 1. The quantitative estimate of drug-likeness (QED) is 0.383. The molecule has 0 saturated heterocycles. The Morgan fingerprint density at radius 2 is 1.93 bits per heavy atom. The molecular formula is C20H18BrN5O2S. The molecule has 0 aliphatic carbocycles. The van der Waals surface area contributed by atoms with E-state index in [-0.39, 0.29) is 13.2 Å². The van der Waals surface area contributed by atoms with Gasteiger partial charge in [-0.1, -0.05) is 36.4 Å². The maximum absolute atomic E-state index is 12.3. The van der Waals surface area contributed by atoms with Crippen LogP contribution in [0, 0.1) is 0 Å². The Hall–Kier alpha value is -2.59. The molecule has 0 fully saturated rings. The number of aromatic nitrogens is 3. The fraction of sp³-hybridized carbons (Fsp3) is 0.100. The molecule has 0 aliphatic heterocycles. The van der Waals surface area contributed by atoms with Gasteiger partial charge in [0.05, 0.1) is 27.9 Å². The molecule has 0 spiro atoms. The maximum atomic E-state index is 12.3. The lowest BCUT2D eigenvalue weighted by Gasteiger charge is -2.12. The minimum Gasteiger partial charge on any atom is -0.395 e. The van der Waals surface area contributed by atoms with Crippen LogP contribution in [0.3, 0.4) is 0 Å². The van der Waals surface area contributed by atoms with Crippen LogP contribution in [0.4, 0.5) is 11.5 Å². The second-order valence-electron chi connectivity index (χ2n) is 6.16. The summed E-state index contributed by atoms with van der Waals surface area (Å²) in [5.41, 5.74) is 3.26. The van der Waals surface area contributed by atoms with Crippen molar-refractivity contribution in [2.45, 2.75) is 4.90 Å². The highest BCUT2D eigenvalue weighted by Gasteiger charge is 2.12. The third-order valence-corrected chi connectivity index (χ3v) is 5.87. The van der Waals surface area contributed by atoms with Gasteiger partial charge in [0.1, 0.15) is 16.8 Å². The number of hydrogen-bond acceptors (Lipinski definition) is 5. The average molecular weight is 472 g/mol. The molecule has 3 N–H and O–H groups in total. The first-order chi connectivity index (χ1) is 14.2. The molecule has 7 nitrogen and oxygen atoms in total. The van der Waals surface area contributed by atoms with Crippen LogP contribution in [0.15, 0.2) is 76.2 Å². The SMILES string of the molecule is O=S(NCCO)c1cccc(Nc2cc(-c3ccccc3)nc3c(Br)cnn23)c1. The molecule has 9 heteroatoms. The topological polar surface area (TPSA) is 91.5 Å². The van der Waals surface area contributed by atoms with Crippen molar-refractivity contribution in [3.63, 3.8) is 0 Å². The summed E-state index contributed by atoms with van der Waals surface area (Å²) in [6.07, 6.45) is 1.70. The average Bonchev–Trinajstić information content (AvgIpc) is 3.14. The van der Waals surface area contributed by atoms with Gasteiger partial charge in [0.2, 0.25) is 0 Å². The van der Waals surface area contributed by atoms with E-state index < -0.39 is 11.0 Å². The summed E-state index contributed by atoms with van der Waals surface area (Å²) in [6.45, 7) is 0.187. The second-order valence-corrected chi connectivity index (χ2v) is 8.31. The smallest absolute Gasteiger partial charge is 0.172 e. The number of hydrogen-bond donors (Lipinski definition) is 3. The summed E-state index contributed by atoms with van der Waals surface area (Å²) in [4.78, 5) is 5.33. The molecule has 2 aromatic carbocycles. The van der Waals surface area contributed by atoms with Gasteiger partial charge in [-0.15, -0.1) is 0 Å². The Morgan fingerprint density at radius 3 is 2.72 bits per heavy atom. The Labute approximate surface area is 178 Å². The predicted octanol–water partition coefficient (Wildman–Crippen LogP) is 3.51. The van der Waals surface area contributed by atoms with Gasteiger partial charge < -0.3 is 10.4 Å². The van der Waals surface area contributed by atoms with E-state index in [9.17, 15) is 4.21 Å². The van der Waals surface area contributed by atoms with E-state index in [4.69, 9.17) is 10.1 Å². The first-order valence-corrected chi connectivity index (χ1v) is 10.8. The number of nitrogens with zero attached hydrogens (tertiary/aromatic N) is 3. The van der Waals surface area contributed by atoms with E-state index in [1.165, 1.54) is 0 Å². The first-order valence-electron chi connectivity index (χ1n) is 8.88. The molecule has 0 bridgehead atoms. The zero-order valence-electron chi connectivity index (χ0n) is 15.2. The van der Waals surface area contributed by atoms with Crippen LogP contribution in [0.1, 0.15) is 0 Å². The number of aliphatic hydroxyl groups excluding tert-OH is 1. The molecular weight excluding hydrogens is 454 g/mol. The molecule has 0 aliphatic rings. The molecule has 4 rings (SSSR count). The van der Waals surface area contributed by atoms with E-state index >= 15 is 0 Å². The summed E-state index contributed by atoms with van der Waals surface area (Å²) >= 11 is 3.51. The van der Waals surface area contributed by atoms with Gasteiger partial charge in [-0.25, -0.2) is 13.9 Å². The molecule has 2 aromatic heterocycles. The van der Waals surface area contributed by atoms with Gasteiger partial charge in [-0.2, -0.15) is 9.61 Å². The highest BCUT2D eigenvalue weighted by Crippen LogP contribution is 2.28. The van der Waals surface area contributed by atoms with Crippen LogP contribution in [-0.2, 0) is 11.0 Å². The molecule has 29 heavy (non-hydrogen) atoms. The van der Waals surface area contributed by atoms with Crippen LogP contribution in [-0.4, -0.2) is 37.1 Å². The lowest BCUT2D eigenvalue weighted by molar-refractivity contribution is 0.302. The van der Waals surface area contributed by atoms with Gasteiger partial charge in [0.15, 0.2) is 5.65 Å². The zero-order valence-corrected chi connectivity index (χ0v) is 17.7. The molecule has 0 radical (unpaired) electrons. The highest BCUT2D eigenvalue weighted by molar-refractivity contribution is 9.10. The summed E-state index contributed by atoms with van der Waals surface area (Å²) < 4.78 is 17.6. The number of rotatable bonds is 7. The monoisotopic (exact) mass is 471 g/mol. The van der Waals surface area contributed by atoms with Crippen LogP contribution < -0.4 is 10.0 Å². The van der Waals surface area contributed by atoms with Gasteiger partial charge in [-0.3, -0.25) is 0 Å².